The Hall–Kier alpha value is -2.41. The zero-order valence-corrected chi connectivity index (χ0v) is 13.8. The minimum atomic E-state index is -0.877. The maximum atomic E-state index is 12.0. The maximum Gasteiger partial charge on any atom is 0.319 e. The second-order valence-corrected chi connectivity index (χ2v) is 6.67. The number of amides is 2. The molecule has 2 aromatic rings. The average Bonchev–Trinajstić information content (AvgIpc) is 2.99. The van der Waals surface area contributed by atoms with Crippen molar-refractivity contribution in [3.63, 3.8) is 0 Å². The molecule has 0 spiro atoms. The number of thiazole rings is 1. The van der Waals surface area contributed by atoms with Crippen LogP contribution in [-0.4, -0.2) is 27.6 Å². The molecular weight excluding hydrogens is 314 g/mol. The number of nitrogens with zero attached hydrogens (tertiary/aromatic N) is 1. The first-order chi connectivity index (χ1) is 10.9. The normalized spacial score (nSPS) is 11.0. The first-order valence-electron chi connectivity index (χ1n) is 7.17. The number of aromatic nitrogens is 1. The van der Waals surface area contributed by atoms with Crippen molar-refractivity contribution < 1.29 is 14.7 Å². The number of carbonyl (C=O) groups is 2. The molecule has 0 aliphatic rings. The van der Waals surface area contributed by atoms with Crippen molar-refractivity contribution in [3.8, 4) is 10.6 Å². The van der Waals surface area contributed by atoms with Gasteiger partial charge in [0, 0.05) is 34.8 Å². The van der Waals surface area contributed by atoms with Crippen LogP contribution >= 0.6 is 11.3 Å². The molecule has 23 heavy (non-hydrogen) atoms. The Morgan fingerprint density at radius 2 is 1.96 bits per heavy atom. The number of carboxylic acid groups (broad SMARTS) is 1. The Bertz CT molecular complexity index is 666. The van der Waals surface area contributed by atoms with Gasteiger partial charge in [-0.1, -0.05) is 0 Å². The molecule has 0 aliphatic heterocycles. The number of anilines is 1. The lowest BCUT2D eigenvalue weighted by Gasteiger charge is -2.25. The van der Waals surface area contributed by atoms with E-state index in [1.54, 1.807) is 43.5 Å². The number of aliphatic carboxylic acids is 1. The van der Waals surface area contributed by atoms with Crippen molar-refractivity contribution in [2.45, 2.75) is 32.2 Å². The summed E-state index contributed by atoms with van der Waals surface area (Å²) >= 11 is 1.55. The molecule has 0 saturated carbocycles. The van der Waals surface area contributed by atoms with E-state index < -0.39 is 11.5 Å². The lowest BCUT2D eigenvalue weighted by molar-refractivity contribution is -0.137. The third-order valence-electron chi connectivity index (χ3n) is 3.24. The average molecular weight is 333 g/mol. The third kappa shape index (κ3) is 5.37. The molecule has 0 fully saturated rings. The van der Waals surface area contributed by atoms with E-state index in [1.165, 1.54) is 0 Å². The van der Waals surface area contributed by atoms with Gasteiger partial charge in [-0.2, -0.15) is 0 Å². The minimum absolute atomic E-state index is 0.00971. The van der Waals surface area contributed by atoms with E-state index in [1.807, 2.05) is 17.5 Å². The highest BCUT2D eigenvalue weighted by atomic mass is 32.1. The van der Waals surface area contributed by atoms with Crippen LogP contribution in [-0.2, 0) is 4.79 Å². The van der Waals surface area contributed by atoms with Gasteiger partial charge in [-0.05, 0) is 44.5 Å². The highest BCUT2D eigenvalue weighted by molar-refractivity contribution is 7.13. The van der Waals surface area contributed by atoms with Gasteiger partial charge in [0.2, 0.25) is 0 Å². The predicted octanol–water partition coefficient (Wildman–Crippen LogP) is 3.58. The highest BCUT2D eigenvalue weighted by Crippen LogP contribution is 2.23. The second kappa shape index (κ2) is 7.23. The van der Waals surface area contributed by atoms with Crippen LogP contribution in [0.25, 0.3) is 10.6 Å². The summed E-state index contributed by atoms with van der Waals surface area (Å²) in [7, 11) is 0. The van der Waals surface area contributed by atoms with E-state index in [0.717, 1.165) is 10.6 Å². The molecular formula is C16H19N3O3S. The van der Waals surface area contributed by atoms with Crippen molar-refractivity contribution in [2.75, 3.05) is 5.32 Å². The molecule has 0 unspecified atom stereocenters. The Kier molecular flexibility index (Phi) is 5.33. The summed E-state index contributed by atoms with van der Waals surface area (Å²) < 4.78 is 0. The molecule has 122 valence electrons. The molecule has 2 amide bonds. The first kappa shape index (κ1) is 17.0. The number of urea groups is 1. The molecule has 7 heteroatoms. The molecule has 0 bridgehead atoms. The summed E-state index contributed by atoms with van der Waals surface area (Å²) in [5, 5.41) is 17.1. The molecule has 2 rings (SSSR count). The Morgan fingerprint density at radius 3 is 2.52 bits per heavy atom. The van der Waals surface area contributed by atoms with Crippen LogP contribution in [0, 0.1) is 0 Å². The standard InChI is InChI=1S/C16H19N3O3S/c1-16(2,8-7-13(20)21)19-15(22)18-12-5-3-11(4-6-12)14-17-9-10-23-14/h3-6,9-10H,7-8H2,1-2H3,(H,20,21)(H2,18,19,22). The van der Waals surface area contributed by atoms with E-state index >= 15 is 0 Å². The van der Waals surface area contributed by atoms with Gasteiger partial charge in [-0.15, -0.1) is 11.3 Å². The van der Waals surface area contributed by atoms with Crippen molar-refractivity contribution in [3.05, 3.63) is 35.8 Å². The predicted molar refractivity (Wildman–Crippen MR) is 90.7 cm³/mol. The van der Waals surface area contributed by atoms with Crippen LogP contribution in [0.3, 0.4) is 0 Å². The van der Waals surface area contributed by atoms with Crippen LogP contribution in [0.15, 0.2) is 35.8 Å². The number of nitrogens with one attached hydrogen (secondary N) is 2. The number of hydrogen-bond donors (Lipinski definition) is 3. The molecule has 1 aromatic carbocycles. The molecule has 3 N–H and O–H groups in total. The molecule has 6 nitrogen and oxygen atoms in total. The molecule has 0 saturated heterocycles. The van der Waals surface area contributed by atoms with Crippen molar-refractivity contribution in [1.29, 1.82) is 0 Å². The van der Waals surface area contributed by atoms with Gasteiger partial charge in [0.15, 0.2) is 0 Å². The van der Waals surface area contributed by atoms with Crippen molar-refractivity contribution >= 4 is 29.0 Å². The van der Waals surface area contributed by atoms with Crippen LogP contribution < -0.4 is 10.6 Å². The summed E-state index contributed by atoms with van der Waals surface area (Å²) in [6.07, 6.45) is 2.12. The van der Waals surface area contributed by atoms with Gasteiger partial charge in [0.05, 0.1) is 0 Å². The van der Waals surface area contributed by atoms with Gasteiger partial charge in [-0.3, -0.25) is 4.79 Å². The van der Waals surface area contributed by atoms with Crippen molar-refractivity contribution in [1.82, 2.24) is 10.3 Å². The quantitative estimate of drug-likeness (QED) is 0.753. The van der Waals surface area contributed by atoms with Gasteiger partial charge in [0.1, 0.15) is 5.01 Å². The topological polar surface area (TPSA) is 91.3 Å². The maximum absolute atomic E-state index is 12.0. The monoisotopic (exact) mass is 333 g/mol. The van der Waals surface area contributed by atoms with E-state index in [9.17, 15) is 9.59 Å². The lowest BCUT2D eigenvalue weighted by atomic mass is 9.99. The van der Waals surface area contributed by atoms with E-state index in [4.69, 9.17) is 5.11 Å². The Labute approximate surface area is 138 Å². The van der Waals surface area contributed by atoms with Crippen molar-refractivity contribution in [2.24, 2.45) is 0 Å². The SMILES string of the molecule is CC(C)(CCC(=O)O)NC(=O)Nc1ccc(-c2nccs2)cc1. The van der Waals surface area contributed by atoms with Gasteiger partial charge in [-0.25, -0.2) is 9.78 Å². The van der Waals surface area contributed by atoms with E-state index in [-0.39, 0.29) is 12.5 Å². The summed E-state index contributed by atoms with van der Waals surface area (Å²) in [6.45, 7) is 3.59. The fraction of sp³-hybridized carbons (Fsp3) is 0.312. The minimum Gasteiger partial charge on any atom is -0.481 e. The largest absolute Gasteiger partial charge is 0.481 e. The van der Waals surface area contributed by atoms with Crippen LogP contribution in [0.1, 0.15) is 26.7 Å². The number of hydrogen-bond acceptors (Lipinski definition) is 4. The summed E-state index contributed by atoms with van der Waals surface area (Å²) in [4.78, 5) is 26.9. The number of benzene rings is 1. The first-order valence-corrected chi connectivity index (χ1v) is 8.04. The third-order valence-corrected chi connectivity index (χ3v) is 4.06. The molecule has 1 heterocycles. The summed E-state index contributed by atoms with van der Waals surface area (Å²) in [5.41, 5.74) is 1.06. The fourth-order valence-electron chi connectivity index (χ4n) is 2.01. The summed E-state index contributed by atoms with van der Waals surface area (Å²) in [6, 6.07) is 7.04. The van der Waals surface area contributed by atoms with Crippen LogP contribution in [0.2, 0.25) is 0 Å². The number of rotatable bonds is 6. The Balaban J connectivity index is 1.91. The molecule has 0 aliphatic carbocycles. The number of carboxylic acids is 1. The van der Waals surface area contributed by atoms with Gasteiger partial charge < -0.3 is 15.7 Å². The Morgan fingerprint density at radius 1 is 1.26 bits per heavy atom. The fourth-order valence-corrected chi connectivity index (χ4v) is 2.66. The zero-order chi connectivity index (χ0) is 16.9. The van der Waals surface area contributed by atoms with Gasteiger partial charge in [0.25, 0.3) is 0 Å². The van der Waals surface area contributed by atoms with Crippen LogP contribution in [0.4, 0.5) is 10.5 Å². The van der Waals surface area contributed by atoms with E-state index in [0.29, 0.717) is 12.1 Å². The lowest BCUT2D eigenvalue weighted by Crippen LogP contribution is -2.45. The smallest absolute Gasteiger partial charge is 0.319 e. The zero-order valence-electron chi connectivity index (χ0n) is 13.0. The molecule has 0 radical (unpaired) electrons. The number of carbonyl (C=O) groups excluding carboxylic acids is 1. The summed E-state index contributed by atoms with van der Waals surface area (Å²) in [5.74, 6) is -0.877. The second-order valence-electron chi connectivity index (χ2n) is 5.77. The van der Waals surface area contributed by atoms with Gasteiger partial charge >= 0.3 is 12.0 Å². The highest BCUT2D eigenvalue weighted by Gasteiger charge is 2.21. The molecule has 1 aromatic heterocycles. The van der Waals surface area contributed by atoms with E-state index in [2.05, 4.69) is 15.6 Å². The van der Waals surface area contributed by atoms with Crippen LogP contribution in [0.5, 0.6) is 0 Å². The molecule has 0 atom stereocenters.